The second-order valence-corrected chi connectivity index (χ2v) is 14.3. The number of carbonyl (C=O) groups excluding carboxylic acids is 1. The molecule has 0 saturated heterocycles. The van der Waals surface area contributed by atoms with Crippen LogP contribution in [0.3, 0.4) is 0 Å². The van der Waals surface area contributed by atoms with Gasteiger partial charge in [0.15, 0.2) is 9.84 Å². The maximum absolute atomic E-state index is 13.7. The molecule has 18 heteroatoms. The van der Waals surface area contributed by atoms with Crippen molar-refractivity contribution in [2.24, 2.45) is 0 Å². The van der Waals surface area contributed by atoms with Gasteiger partial charge < -0.3 is 9.47 Å². The van der Waals surface area contributed by atoms with Gasteiger partial charge in [0.05, 0.1) is 34.3 Å². The molecule has 3 rings (SSSR count). The molecule has 0 spiro atoms. The molecular formula is C24H23ClF7NO7S2. The summed E-state index contributed by atoms with van der Waals surface area (Å²) in [6.07, 6.45) is -12.4. The summed E-state index contributed by atoms with van der Waals surface area (Å²) in [6, 6.07) is 5.93. The number of hydrogen-bond donors (Lipinski definition) is 0. The fraction of sp³-hybridized carbons (Fsp3) is 0.458. The van der Waals surface area contributed by atoms with Gasteiger partial charge in [0.25, 0.3) is 10.0 Å². The summed E-state index contributed by atoms with van der Waals surface area (Å²) in [4.78, 5) is 11.8. The molecular weight excluding hydrogens is 647 g/mol. The molecule has 0 unspecified atom stereocenters. The Hall–Kier alpha value is -2.79. The Bertz CT molecular complexity index is 1560. The fourth-order valence-corrected chi connectivity index (χ4v) is 6.82. The summed E-state index contributed by atoms with van der Waals surface area (Å²) >= 11 is 5.73. The molecule has 0 radical (unpaired) electrons. The Morgan fingerprint density at radius 2 is 1.69 bits per heavy atom. The molecule has 0 fully saturated rings. The van der Waals surface area contributed by atoms with Gasteiger partial charge in [0.2, 0.25) is 5.60 Å². The Balaban J connectivity index is 1.97. The number of alkyl halides is 6. The second-order valence-electron chi connectivity index (χ2n) is 9.81. The number of halogens is 8. The van der Waals surface area contributed by atoms with Crippen molar-refractivity contribution in [3.63, 3.8) is 0 Å². The molecule has 0 aliphatic carbocycles. The van der Waals surface area contributed by atoms with Gasteiger partial charge in [-0.2, -0.15) is 26.3 Å². The van der Waals surface area contributed by atoms with Crippen LogP contribution in [0.25, 0.3) is 0 Å². The first-order valence-corrected chi connectivity index (χ1v) is 15.5. The van der Waals surface area contributed by atoms with Crippen molar-refractivity contribution in [2.45, 2.75) is 55.6 Å². The summed E-state index contributed by atoms with van der Waals surface area (Å²) in [5.74, 6) is -5.51. The van der Waals surface area contributed by atoms with Crippen molar-refractivity contribution in [2.75, 3.05) is 22.4 Å². The SMILES string of the molecule is CC(C)(OC(=O)Cc1ccc2c(c1)N(S(=O)(=O)c1ccc(F)c(Cl)c1)C[C@H](CCS(=O)(=O)CC(F)(F)F)O2)C(F)(F)F. The summed E-state index contributed by atoms with van der Waals surface area (Å²) < 4.78 is 153. The third kappa shape index (κ3) is 8.18. The van der Waals surface area contributed by atoms with Crippen molar-refractivity contribution in [1.82, 2.24) is 0 Å². The van der Waals surface area contributed by atoms with Crippen LogP contribution in [0.2, 0.25) is 5.02 Å². The number of benzene rings is 2. The third-order valence-corrected chi connectivity index (χ3v) is 9.66. The highest BCUT2D eigenvalue weighted by Gasteiger charge is 2.50. The van der Waals surface area contributed by atoms with E-state index in [1.54, 1.807) is 0 Å². The van der Waals surface area contributed by atoms with Gasteiger partial charge in [-0.25, -0.2) is 21.2 Å². The van der Waals surface area contributed by atoms with Crippen molar-refractivity contribution < 1.29 is 61.8 Å². The summed E-state index contributed by atoms with van der Waals surface area (Å²) in [5, 5.41) is -0.553. The third-order valence-electron chi connectivity index (χ3n) is 5.97. The molecule has 0 bridgehead atoms. The zero-order valence-electron chi connectivity index (χ0n) is 21.7. The normalized spacial score (nSPS) is 16.5. The molecule has 1 aliphatic heterocycles. The Morgan fingerprint density at radius 1 is 1.05 bits per heavy atom. The Morgan fingerprint density at radius 3 is 2.26 bits per heavy atom. The van der Waals surface area contributed by atoms with Crippen LogP contribution in [0.4, 0.5) is 36.4 Å². The van der Waals surface area contributed by atoms with Crippen molar-refractivity contribution in [3.05, 3.63) is 52.8 Å². The minimum Gasteiger partial charge on any atom is -0.486 e. The van der Waals surface area contributed by atoms with Gasteiger partial charge in [-0.15, -0.1) is 0 Å². The number of ether oxygens (including phenoxy) is 2. The van der Waals surface area contributed by atoms with Crippen LogP contribution < -0.4 is 9.04 Å². The van der Waals surface area contributed by atoms with E-state index < -0.39 is 96.5 Å². The molecule has 2 aromatic carbocycles. The molecule has 2 aromatic rings. The standard InChI is InChI=1S/C24H23ClF7NO7S2/c1-22(2,24(30,31)32)40-21(34)10-14-3-6-20-19(9-14)33(42(37,38)16-4-5-18(26)17(25)11-16)12-15(39-20)7-8-41(35,36)13-23(27,28)29/h3-6,9,11,15H,7-8,10,12-13H2,1-2H3/t15-/m0/s1. The number of sulfone groups is 1. The first-order chi connectivity index (χ1) is 19.0. The van der Waals surface area contributed by atoms with Gasteiger partial charge in [0, 0.05) is 0 Å². The van der Waals surface area contributed by atoms with Crippen molar-refractivity contribution in [3.8, 4) is 5.75 Å². The number of fused-ring (bicyclic) bond motifs is 1. The van der Waals surface area contributed by atoms with Gasteiger partial charge in [-0.1, -0.05) is 17.7 Å². The number of nitrogens with zero attached hydrogens (tertiary/aromatic N) is 1. The monoisotopic (exact) mass is 669 g/mol. The summed E-state index contributed by atoms with van der Waals surface area (Å²) in [5.41, 5.74) is -3.05. The molecule has 8 nitrogen and oxygen atoms in total. The Labute approximate surface area is 241 Å². The van der Waals surface area contributed by atoms with E-state index >= 15 is 0 Å². The van der Waals surface area contributed by atoms with Gasteiger partial charge in [0.1, 0.15) is 23.4 Å². The molecule has 0 amide bonds. The maximum atomic E-state index is 13.7. The lowest BCUT2D eigenvalue weighted by Crippen LogP contribution is -2.44. The number of anilines is 1. The second kappa shape index (κ2) is 11.7. The molecule has 0 saturated carbocycles. The molecule has 0 aromatic heterocycles. The van der Waals surface area contributed by atoms with Crippen LogP contribution in [-0.4, -0.2) is 64.9 Å². The van der Waals surface area contributed by atoms with Gasteiger partial charge in [-0.05, 0) is 56.2 Å². The predicted molar refractivity (Wildman–Crippen MR) is 136 cm³/mol. The highest BCUT2D eigenvalue weighted by molar-refractivity contribution is 7.93. The molecule has 234 valence electrons. The lowest BCUT2D eigenvalue weighted by molar-refractivity contribution is -0.257. The summed E-state index contributed by atoms with van der Waals surface area (Å²) in [7, 11) is -9.26. The highest BCUT2D eigenvalue weighted by Crippen LogP contribution is 2.39. The molecule has 1 heterocycles. The van der Waals surface area contributed by atoms with Crippen LogP contribution in [0.5, 0.6) is 5.75 Å². The minimum atomic E-state index is -5.00. The van der Waals surface area contributed by atoms with Crippen LogP contribution >= 0.6 is 11.6 Å². The quantitative estimate of drug-likeness (QED) is 0.266. The summed E-state index contributed by atoms with van der Waals surface area (Å²) in [6.45, 7) is 0.659. The fourth-order valence-electron chi connectivity index (χ4n) is 3.79. The zero-order chi connectivity index (χ0) is 31.9. The predicted octanol–water partition coefficient (Wildman–Crippen LogP) is 5.23. The molecule has 1 aliphatic rings. The number of esters is 1. The maximum Gasteiger partial charge on any atom is 0.427 e. The molecule has 42 heavy (non-hydrogen) atoms. The van der Waals surface area contributed by atoms with E-state index in [4.69, 9.17) is 16.3 Å². The first kappa shape index (κ1) is 33.7. The van der Waals surface area contributed by atoms with E-state index in [0.29, 0.717) is 18.2 Å². The molecule has 1 atom stereocenters. The highest BCUT2D eigenvalue weighted by atomic mass is 35.5. The molecule has 0 N–H and O–H groups in total. The first-order valence-electron chi connectivity index (χ1n) is 11.8. The average molecular weight is 670 g/mol. The van der Waals surface area contributed by atoms with Crippen LogP contribution in [0, 0.1) is 5.82 Å². The van der Waals surface area contributed by atoms with Gasteiger partial charge >= 0.3 is 18.3 Å². The van der Waals surface area contributed by atoms with Crippen molar-refractivity contribution >= 4 is 43.1 Å². The minimum absolute atomic E-state index is 0.00358. The topological polar surface area (TPSA) is 107 Å². The smallest absolute Gasteiger partial charge is 0.427 e. The Kier molecular flexibility index (Phi) is 9.40. The lowest BCUT2D eigenvalue weighted by Gasteiger charge is -2.36. The zero-order valence-corrected chi connectivity index (χ0v) is 24.1. The average Bonchev–Trinajstić information content (AvgIpc) is 2.81. The van der Waals surface area contributed by atoms with E-state index in [1.807, 2.05) is 0 Å². The van der Waals surface area contributed by atoms with Crippen LogP contribution in [0.15, 0.2) is 41.3 Å². The lowest BCUT2D eigenvalue weighted by atomic mass is 10.1. The van der Waals surface area contributed by atoms with E-state index in [-0.39, 0.29) is 17.0 Å². The van der Waals surface area contributed by atoms with E-state index in [9.17, 15) is 52.4 Å². The van der Waals surface area contributed by atoms with E-state index in [0.717, 1.165) is 30.3 Å². The van der Waals surface area contributed by atoms with E-state index in [2.05, 4.69) is 4.74 Å². The van der Waals surface area contributed by atoms with Gasteiger partial charge in [-0.3, -0.25) is 9.10 Å². The number of rotatable bonds is 9. The number of sulfonamides is 1. The van der Waals surface area contributed by atoms with E-state index in [1.165, 1.54) is 6.07 Å². The number of carbonyl (C=O) groups is 1. The number of hydrogen-bond acceptors (Lipinski definition) is 7. The van der Waals surface area contributed by atoms with Crippen LogP contribution in [0.1, 0.15) is 25.8 Å². The largest absolute Gasteiger partial charge is 0.486 e. The van der Waals surface area contributed by atoms with Crippen LogP contribution in [-0.2, 0) is 35.8 Å². The van der Waals surface area contributed by atoms with Crippen molar-refractivity contribution in [1.29, 1.82) is 0 Å².